The summed E-state index contributed by atoms with van der Waals surface area (Å²) < 4.78 is 1.86. The quantitative estimate of drug-likeness (QED) is 0.784. The van der Waals surface area contributed by atoms with Crippen molar-refractivity contribution in [2.24, 2.45) is 10.9 Å². The lowest BCUT2D eigenvalue weighted by Gasteiger charge is -2.19. The molecule has 2 amide bonds. The third-order valence-electron chi connectivity index (χ3n) is 5.96. The Morgan fingerprint density at radius 3 is 2.77 bits per heavy atom. The van der Waals surface area contributed by atoms with Crippen LogP contribution >= 0.6 is 0 Å². The van der Waals surface area contributed by atoms with Gasteiger partial charge in [-0.1, -0.05) is 11.6 Å². The smallest absolute Gasteiger partial charge is 0.254 e. The Hall–Kier alpha value is -3.09. The molecule has 1 N–H and O–H groups in total. The molecule has 7 heteroatoms. The van der Waals surface area contributed by atoms with E-state index in [0.717, 1.165) is 35.9 Å². The predicted octanol–water partition coefficient (Wildman–Crippen LogP) is 4.26. The zero-order chi connectivity index (χ0) is 22.1. The molecule has 3 heterocycles. The van der Waals surface area contributed by atoms with Crippen molar-refractivity contribution in [2.75, 3.05) is 6.54 Å². The number of hydrogen-bond donors (Lipinski definition) is 1. The Labute approximate surface area is 182 Å². The van der Waals surface area contributed by atoms with E-state index in [4.69, 9.17) is 4.98 Å². The van der Waals surface area contributed by atoms with E-state index in [1.54, 1.807) is 13.1 Å². The molecule has 162 valence electrons. The van der Waals surface area contributed by atoms with E-state index in [-0.39, 0.29) is 24.4 Å². The number of carbonyl (C=O) groups is 2. The maximum absolute atomic E-state index is 13.2. The summed E-state index contributed by atoms with van der Waals surface area (Å²) in [5.41, 5.74) is 4.90. The first-order chi connectivity index (χ1) is 14.8. The summed E-state index contributed by atoms with van der Waals surface area (Å²) in [6.07, 6.45) is 10.1. The number of aliphatic imine (C=N–C) groups is 1. The zero-order valence-corrected chi connectivity index (χ0v) is 18.6. The highest BCUT2D eigenvalue weighted by molar-refractivity contribution is 6.07. The van der Waals surface area contributed by atoms with Crippen LogP contribution in [-0.2, 0) is 4.79 Å². The van der Waals surface area contributed by atoms with Gasteiger partial charge in [0.05, 0.1) is 28.8 Å². The van der Waals surface area contributed by atoms with E-state index in [9.17, 15) is 9.59 Å². The second-order valence-corrected chi connectivity index (χ2v) is 8.69. The van der Waals surface area contributed by atoms with E-state index in [0.29, 0.717) is 16.9 Å². The lowest BCUT2D eigenvalue weighted by atomic mass is 9.95. The number of pyridine rings is 1. The van der Waals surface area contributed by atoms with Crippen LogP contribution in [0.5, 0.6) is 0 Å². The molecule has 0 radical (unpaired) electrons. The fraction of sp³-hybridized carbons (Fsp3) is 0.458. The molecule has 1 unspecified atom stereocenters. The van der Waals surface area contributed by atoms with E-state index >= 15 is 0 Å². The number of carbonyl (C=O) groups excluding carboxylic acids is 2. The van der Waals surface area contributed by atoms with Crippen LogP contribution in [0.15, 0.2) is 35.0 Å². The van der Waals surface area contributed by atoms with E-state index in [1.807, 2.05) is 37.6 Å². The second kappa shape index (κ2) is 8.57. The summed E-state index contributed by atoms with van der Waals surface area (Å²) in [5, 5.41) is 8.16. The first kappa shape index (κ1) is 21.2. The molecule has 1 atom stereocenters. The van der Waals surface area contributed by atoms with Crippen molar-refractivity contribution in [1.82, 2.24) is 20.1 Å². The average molecular weight is 420 g/mol. The summed E-state index contributed by atoms with van der Waals surface area (Å²) in [5.74, 6) is -0.859. The minimum absolute atomic E-state index is 0.130. The van der Waals surface area contributed by atoms with Gasteiger partial charge < -0.3 is 5.32 Å². The van der Waals surface area contributed by atoms with Gasteiger partial charge in [0.15, 0.2) is 5.65 Å². The van der Waals surface area contributed by atoms with Crippen molar-refractivity contribution < 1.29 is 9.59 Å². The summed E-state index contributed by atoms with van der Waals surface area (Å²) >= 11 is 0. The maximum Gasteiger partial charge on any atom is 0.254 e. The van der Waals surface area contributed by atoms with Crippen molar-refractivity contribution in [3.8, 4) is 0 Å². The van der Waals surface area contributed by atoms with E-state index in [2.05, 4.69) is 21.5 Å². The molecule has 2 aromatic heterocycles. The van der Waals surface area contributed by atoms with Gasteiger partial charge in [0, 0.05) is 18.3 Å². The molecule has 2 aromatic rings. The number of allylic oxidation sites excluding steroid dienone is 3. The number of rotatable bonds is 5. The van der Waals surface area contributed by atoms with Gasteiger partial charge in [0.25, 0.3) is 11.8 Å². The van der Waals surface area contributed by atoms with Crippen molar-refractivity contribution in [3.05, 3.63) is 41.2 Å². The minimum atomic E-state index is -0.427. The van der Waals surface area contributed by atoms with Crippen LogP contribution in [0.4, 0.5) is 0 Å². The van der Waals surface area contributed by atoms with Crippen LogP contribution in [-0.4, -0.2) is 38.8 Å². The number of aromatic nitrogens is 3. The van der Waals surface area contributed by atoms with Crippen LogP contribution in [0.3, 0.4) is 0 Å². The normalized spacial score (nSPS) is 19.3. The molecule has 0 saturated carbocycles. The fourth-order valence-corrected chi connectivity index (χ4v) is 4.27. The summed E-state index contributed by atoms with van der Waals surface area (Å²) in [6, 6.07) is 2.00. The minimum Gasteiger partial charge on any atom is -0.351 e. The van der Waals surface area contributed by atoms with Crippen LogP contribution in [0.2, 0.25) is 0 Å². The molecule has 2 aliphatic rings. The first-order valence-electron chi connectivity index (χ1n) is 11.0. The molecule has 4 rings (SSSR count). The molecule has 0 spiro atoms. The lowest BCUT2D eigenvalue weighted by Crippen LogP contribution is -2.34. The van der Waals surface area contributed by atoms with Gasteiger partial charge in [-0.05, 0) is 71.1 Å². The van der Waals surface area contributed by atoms with Crippen molar-refractivity contribution in [1.29, 1.82) is 0 Å². The second-order valence-electron chi connectivity index (χ2n) is 8.69. The summed E-state index contributed by atoms with van der Waals surface area (Å²) in [6.45, 7) is 8.02. The number of dihydropyridines is 1. The first-order valence-corrected chi connectivity index (χ1v) is 11.0. The van der Waals surface area contributed by atoms with Crippen LogP contribution in [0, 0.1) is 5.92 Å². The lowest BCUT2D eigenvalue weighted by molar-refractivity contribution is -0.120. The molecule has 0 fully saturated rings. The monoisotopic (exact) mass is 419 g/mol. The number of nitrogens with zero attached hydrogens (tertiary/aromatic N) is 4. The molecule has 31 heavy (non-hydrogen) atoms. The van der Waals surface area contributed by atoms with Crippen LogP contribution in [0.25, 0.3) is 16.6 Å². The molecule has 0 bridgehead atoms. The Morgan fingerprint density at radius 2 is 2.10 bits per heavy atom. The Morgan fingerprint density at radius 1 is 1.29 bits per heavy atom. The Kier molecular flexibility index (Phi) is 5.85. The standard InChI is InChI=1S/C24H29N5O2/c1-14(2)29-22-20(13-26-29)18(11-21(28-22)17-8-6-5-7-9-17)23(30)25-12-19-15(3)10-16(4)27-24(19)31/h8,10-11,13-14,19H,5-7,9,12H2,1-4H3,(H,25,30). The van der Waals surface area contributed by atoms with Crippen LogP contribution in [0.1, 0.15) is 75.5 Å². The van der Waals surface area contributed by atoms with E-state index in [1.165, 1.54) is 12.0 Å². The third-order valence-corrected chi connectivity index (χ3v) is 5.96. The van der Waals surface area contributed by atoms with Crippen LogP contribution < -0.4 is 5.32 Å². The summed E-state index contributed by atoms with van der Waals surface area (Å²) in [4.78, 5) is 34.4. The molecule has 0 aromatic carbocycles. The molecule has 7 nitrogen and oxygen atoms in total. The van der Waals surface area contributed by atoms with E-state index < -0.39 is 5.92 Å². The molecular weight excluding hydrogens is 390 g/mol. The molecule has 1 aliphatic heterocycles. The largest absolute Gasteiger partial charge is 0.351 e. The zero-order valence-electron chi connectivity index (χ0n) is 18.6. The number of fused-ring (bicyclic) bond motifs is 1. The maximum atomic E-state index is 13.2. The highest BCUT2D eigenvalue weighted by atomic mass is 16.2. The predicted molar refractivity (Wildman–Crippen MR) is 122 cm³/mol. The third kappa shape index (κ3) is 4.22. The average Bonchev–Trinajstić information content (AvgIpc) is 3.17. The molecular formula is C24H29N5O2. The van der Waals surface area contributed by atoms with Crippen molar-refractivity contribution in [2.45, 2.75) is 59.4 Å². The Bertz CT molecular complexity index is 1140. The van der Waals surface area contributed by atoms with Gasteiger partial charge in [0.1, 0.15) is 0 Å². The van der Waals surface area contributed by atoms with Crippen molar-refractivity contribution in [3.63, 3.8) is 0 Å². The Balaban J connectivity index is 1.67. The highest BCUT2D eigenvalue weighted by Gasteiger charge is 2.25. The molecule has 1 aliphatic carbocycles. The van der Waals surface area contributed by atoms with Gasteiger partial charge in [-0.25, -0.2) is 14.7 Å². The highest BCUT2D eigenvalue weighted by Crippen LogP contribution is 2.29. The molecule has 0 saturated heterocycles. The van der Waals surface area contributed by atoms with Gasteiger partial charge in [0.2, 0.25) is 0 Å². The number of nitrogens with one attached hydrogen (secondary N) is 1. The van der Waals surface area contributed by atoms with Gasteiger partial charge in [-0.3, -0.25) is 9.59 Å². The topological polar surface area (TPSA) is 89.2 Å². The van der Waals surface area contributed by atoms with Crippen molar-refractivity contribution >= 4 is 34.1 Å². The van der Waals surface area contributed by atoms with Gasteiger partial charge >= 0.3 is 0 Å². The SMILES string of the molecule is CC1=CC(C)=NC(=O)C1CNC(=O)c1cc(C2=CCCCC2)nc2c1cnn2C(C)C. The number of hydrogen-bond acceptors (Lipinski definition) is 4. The summed E-state index contributed by atoms with van der Waals surface area (Å²) in [7, 11) is 0. The van der Waals surface area contributed by atoms with Gasteiger partial charge in [-0.2, -0.15) is 5.10 Å². The number of amides is 2. The fourth-order valence-electron chi connectivity index (χ4n) is 4.27. The van der Waals surface area contributed by atoms with Gasteiger partial charge in [-0.15, -0.1) is 0 Å².